The molecule has 1 heterocycles. The Balaban J connectivity index is 2.78. The van der Waals surface area contributed by atoms with Crippen molar-refractivity contribution in [2.45, 2.75) is 20.0 Å². The van der Waals surface area contributed by atoms with Crippen molar-refractivity contribution in [1.82, 2.24) is 4.90 Å². The lowest BCUT2D eigenvalue weighted by atomic mass is 10.1. The van der Waals surface area contributed by atoms with E-state index in [1.54, 1.807) is 31.4 Å². The van der Waals surface area contributed by atoms with Gasteiger partial charge in [0.1, 0.15) is 0 Å². The number of rotatable bonds is 6. The summed E-state index contributed by atoms with van der Waals surface area (Å²) in [5.74, 6) is -1.85. The Kier molecular flexibility index (Phi) is 5.30. The Hall–Kier alpha value is -1.40. The van der Waals surface area contributed by atoms with Crippen molar-refractivity contribution in [3.8, 4) is 0 Å². The van der Waals surface area contributed by atoms with Gasteiger partial charge in [-0.1, -0.05) is 13.0 Å². The number of thiophene rings is 1. The maximum atomic E-state index is 12.1. The zero-order valence-electron chi connectivity index (χ0n) is 10.4. The Morgan fingerprint density at radius 1 is 1.39 bits per heavy atom. The molecule has 0 saturated carbocycles. The van der Waals surface area contributed by atoms with Crippen LogP contribution < -0.4 is 0 Å². The van der Waals surface area contributed by atoms with Crippen LogP contribution in [0.3, 0.4) is 0 Å². The van der Waals surface area contributed by atoms with E-state index >= 15 is 0 Å². The van der Waals surface area contributed by atoms with E-state index in [1.807, 2.05) is 0 Å². The van der Waals surface area contributed by atoms with Crippen molar-refractivity contribution in [3.05, 3.63) is 22.4 Å². The average Bonchev–Trinajstić information content (AvgIpc) is 2.79. The van der Waals surface area contributed by atoms with Crippen LogP contribution in [0.1, 0.15) is 23.5 Å². The van der Waals surface area contributed by atoms with Crippen molar-refractivity contribution < 1.29 is 19.8 Å². The second-order valence-corrected chi connectivity index (χ2v) is 5.22. The van der Waals surface area contributed by atoms with Gasteiger partial charge in [-0.2, -0.15) is 0 Å². The maximum Gasteiger partial charge on any atom is 0.308 e. The lowest BCUT2D eigenvalue weighted by molar-refractivity contribution is -0.141. The number of amides is 1. The van der Waals surface area contributed by atoms with Gasteiger partial charge in [-0.05, 0) is 18.4 Å². The predicted molar refractivity (Wildman–Crippen MR) is 68.7 cm³/mol. The summed E-state index contributed by atoms with van der Waals surface area (Å²) in [5.41, 5.74) is 0. The van der Waals surface area contributed by atoms with E-state index < -0.39 is 18.0 Å². The highest BCUT2D eigenvalue weighted by molar-refractivity contribution is 7.12. The number of carbonyl (C=O) groups is 2. The highest BCUT2D eigenvalue weighted by atomic mass is 32.1. The molecule has 1 rings (SSSR count). The van der Waals surface area contributed by atoms with Crippen LogP contribution in [0.4, 0.5) is 0 Å². The van der Waals surface area contributed by atoms with E-state index in [2.05, 4.69) is 0 Å². The summed E-state index contributed by atoms with van der Waals surface area (Å²) in [4.78, 5) is 24.9. The normalized spacial score (nSPS) is 13.9. The van der Waals surface area contributed by atoms with Gasteiger partial charge in [0.2, 0.25) is 0 Å². The van der Waals surface area contributed by atoms with Gasteiger partial charge < -0.3 is 15.1 Å². The number of carboxylic acids is 1. The van der Waals surface area contributed by atoms with E-state index in [0.29, 0.717) is 4.88 Å². The average molecular weight is 271 g/mol. The molecular formula is C12H17NO4S. The third-order valence-corrected chi connectivity index (χ3v) is 3.28. The standard InChI is InChI=1S/C12H17NO4S/c1-8(12(16)17)6-13(7-9(2)14)11(15)10-4-3-5-18-10/h3-5,8-9,14H,6-7H2,1-2H3,(H,16,17). The summed E-state index contributed by atoms with van der Waals surface area (Å²) in [6.45, 7) is 3.34. The number of aliphatic hydroxyl groups excluding tert-OH is 1. The van der Waals surface area contributed by atoms with Gasteiger partial charge in [0.05, 0.1) is 16.9 Å². The molecule has 100 valence electrons. The largest absolute Gasteiger partial charge is 0.481 e. The van der Waals surface area contributed by atoms with Crippen molar-refractivity contribution in [2.24, 2.45) is 5.92 Å². The van der Waals surface area contributed by atoms with Crippen LogP contribution in [-0.2, 0) is 4.79 Å². The van der Waals surface area contributed by atoms with Gasteiger partial charge in [-0.3, -0.25) is 9.59 Å². The van der Waals surface area contributed by atoms with Crippen LogP contribution in [0.15, 0.2) is 17.5 Å². The van der Waals surface area contributed by atoms with Crippen LogP contribution >= 0.6 is 11.3 Å². The number of nitrogens with zero attached hydrogens (tertiary/aromatic N) is 1. The molecule has 1 amide bonds. The van der Waals surface area contributed by atoms with Crippen molar-refractivity contribution in [3.63, 3.8) is 0 Å². The smallest absolute Gasteiger partial charge is 0.308 e. The molecule has 2 atom stereocenters. The second kappa shape index (κ2) is 6.51. The number of hydrogen-bond acceptors (Lipinski definition) is 4. The van der Waals surface area contributed by atoms with Gasteiger partial charge in [0, 0.05) is 13.1 Å². The summed E-state index contributed by atoms with van der Waals surface area (Å²) in [6.07, 6.45) is -0.685. The number of aliphatic hydroxyl groups is 1. The first-order valence-corrected chi connectivity index (χ1v) is 6.53. The summed E-state index contributed by atoms with van der Waals surface area (Å²) in [5, 5.41) is 20.0. The molecule has 0 aliphatic heterocycles. The fraction of sp³-hybridized carbons (Fsp3) is 0.500. The van der Waals surface area contributed by atoms with E-state index in [9.17, 15) is 14.7 Å². The topological polar surface area (TPSA) is 77.8 Å². The molecule has 0 aliphatic carbocycles. The molecule has 0 saturated heterocycles. The molecule has 0 spiro atoms. The Labute approximate surface area is 110 Å². The minimum Gasteiger partial charge on any atom is -0.481 e. The van der Waals surface area contributed by atoms with Gasteiger partial charge in [0.15, 0.2) is 0 Å². The molecule has 1 aromatic heterocycles. The van der Waals surface area contributed by atoms with Gasteiger partial charge in [-0.25, -0.2) is 0 Å². The number of carboxylic acid groups (broad SMARTS) is 1. The molecule has 2 unspecified atom stereocenters. The number of aliphatic carboxylic acids is 1. The SMILES string of the molecule is CC(O)CN(CC(C)C(=O)O)C(=O)c1cccs1. The minimum absolute atomic E-state index is 0.0942. The lowest BCUT2D eigenvalue weighted by Gasteiger charge is -2.25. The van der Waals surface area contributed by atoms with Crippen LogP contribution in [0.2, 0.25) is 0 Å². The molecular weight excluding hydrogens is 254 g/mol. The molecule has 0 aromatic carbocycles. The summed E-state index contributed by atoms with van der Waals surface area (Å²) in [6, 6.07) is 3.45. The molecule has 1 aromatic rings. The maximum absolute atomic E-state index is 12.1. The van der Waals surface area contributed by atoms with E-state index in [-0.39, 0.29) is 19.0 Å². The van der Waals surface area contributed by atoms with Crippen LogP contribution in [0.25, 0.3) is 0 Å². The summed E-state index contributed by atoms with van der Waals surface area (Å²) >= 11 is 1.30. The first-order chi connectivity index (χ1) is 8.41. The number of carbonyl (C=O) groups excluding carboxylic acids is 1. The minimum atomic E-state index is -0.954. The van der Waals surface area contributed by atoms with Gasteiger partial charge >= 0.3 is 5.97 Å². The van der Waals surface area contributed by atoms with E-state index in [1.165, 1.54) is 16.2 Å². The van der Waals surface area contributed by atoms with Crippen LogP contribution in [0, 0.1) is 5.92 Å². The molecule has 2 N–H and O–H groups in total. The molecule has 5 nitrogen and oxygen atoms in total. The second-order valence-electron chi connectivity index (χ2n) is 4.28. The fourth-order valence-electron chi connectivity index (χ4n) is 1.52. The Bertz CT molecular complexity index is 402. The van der Waals surface area contributed by atoms with E-state index in [0.717, 1.165) is 0 Å². The van der Waals surface area contributed by atoms with Crippen molar-refractivity contribution in [2.75, 3.05) is 13.1 Å². The zero-order chi connectivity index (χ0) is 13.7. The first kappa shape index (κ1) is 14.7. The first-order valence-electron chi connectivity index (χ1n) is 5.65. The van der Waals surface area contributed by atoms with E-state index in [4.69, 9.17) is 5.11 Å². The molecule has 0 aliphatic rings. The molecule has 6 heteroatoms. The quantitative estimate of drug-likeness (QED) is 0.817. The summed E-state index contributed by atoms with van der Waals surface area (Å²) < 4.78 is 0. The van der Waals surface area contributed by atoms with Crippen LogP contribution in [0.5, 0.6) is 0 Å². The predicted octanol–water partition coefficient (Wildman–Crippen LogP) is 1.29. The van der Waals surface area contributed by atoms with Gasteiger partial charge in [0.25, 0.3) is 5.91 Å². The number of hydrogen-bond donors (Lipinski definition) is 2. The fourth-order valence-corrected chi connectivity index (χ4v) is 2.21. The van der Waals surface area contributed by atoms with Crippen molar-refractivity contribution in [1.29, 1.82) is 0 Å². The highest BCUT2D eigenvalue weighted by Crippen LogP contribution is 2.14. The third-order valence-electron chi connectivity index (χ3n) is 2.42. The molecule has 0 fully saturated rings. The summed E-state index contributed by atoms with van der Waals surface area (Å²) in [7, 11) is 0. The monoisotopic (exact) mass is 271 g/mol. The zero-order valence-corrected chi connectivity index (χ0v) is 11.2. The molecule has 0 bridgehead atoms. The Morgan fingerprint density at radius 3 is 2.50 bits per heavy atom. The third kappa shape index (κ3) is 4.12. The molecule has 18 heavy (non-hydrogen) atoms. The van der Waals surface area contributed by atoms with Crippen LogP contribution in [-0.4, -0.2) is 46.2 Å². The van der Waals surface area contributed by atoms with Crippen molar-refractivity contribution >= 4 is 23.2 Å². The highest BCUT2D eigenvalue weighted by Gasteiger charge is 2.23. The van der Waals surface area contributed by atoms with Gasteiger partial charge in [-0.15, -0.1) is 11.3 Å². The lowest BCUT2D eigenvalue weighted by Crippen LogP contribution is -2.40. The Morgan fingerprint density at radius 2 is 2.06 bits per heavy atom. The molecule has 0 radical (unpaired) electrons.